The lowest BCUT2D eigenvalue weighted by molar-refractivity contribution is -0.144. The number of hydrogen-bond acceptors (Lipinski definition) is 4. The lowest BCUT2D eigenvalue weighted by Crippen LogP contribution is -2.55. The van der Waals surface area contributed by atoms with Crippen molar-refractivity contribution in [1.29, 1.82) is 0 Å². The van der Waals surface area contributed by atoms with Crippen molar-refractivity contribution in [2.24, 2.45) is 5.92 Å². The summed E-state index contributed by atoms with van der Waals surface area (Å²) in [6.07, 6.45) is 3.33. The molecule has 136 valence electrons. The van der Waals surface area contributed by atoms with E-state index in [0.717, 1.165) is 0 Å². The highest BCUT2D eigenvalue weighted by atomic mass is 79.9. The molecule has 24 heavy (non-hydrogen) atoms. The van der Waals surface area contributed by atoms with Gasteiger partial charge in [-0.1, -0.05) is 56.8 Å². The first kappa shape index (κ1) is 22.2. The summed E-state index contributed by atoms with van der Waals surface area (Å²) in [5, 5.41) is 12.9. The van der Waals surface area contributed by atoms with Crippen molar-refractivity contribution in [1.82, 2.24) is 5.32 Å². The fourth-order valence-electron chi connectivity index (χ4n) is 1.96. The number of halogens is 5. The van der Waals surface area contributed by atoms with Crippen LogP contribution in [0.4, 0.5) is 0 Å². The number of carbonyl (C=O) groups excluding carboxylic acids is 2. The van der Waals surface area contributed by atoms with Gasteiger partial charge in [0.05, 0.1) is 12.5 Å². The molecule has 1 rings (SSSR count). The van der Waals surface area contributed by atoms with Crippen molar-refractivity contribution in [2.75, 3.05) is 12.5 Å². The third-order valence-corrected chi connectivity index (χ3v) is 4.67. The number of allylic oxidation sites excluding steroid dienone is 2. The number of nitrogens with one attached hydrogen (secondary N) is 1. The van der Waals surface area contributed by atoms with E-state index in [1.807, 2.05) is 0 Å². The Balaban J connectivity index is 2.96. The molecule has 3 unspecified atom stereocenters. The molecule has 1 aliphatic carbocycles. The highest BCUT2D eigenvalue weighted by Gasteiger charge is 2.46. The van der Waals surface area contributed by atoms with Crippen LogP contribution in [0.25, 0.3) is 0 Å². The Kier molecular flexibility index (Phi) is 8.53. The summed E-state index contributed by atoms with van der Waals surface area (Å²) in [6, 6.07) is 0. The van der Waals surface area contributed by atoms with Crippen LogP contribution >= 0.6 is 62.3 Å². The molecule has 0 heterocycles. The Labute approximate surface area is 168 Å². The SMILES string of the molecule is CC(=O)C1(O)C=CC(Br)=CC1C(=O)NC(OCCCCl)C(Cl)(Cl)Cl. The number of amides is 1. The highest BCUT2D eigenvalue weighted by Crippen LogP contribution is 2.34. The van der Waals surface area contributed by atoms with Gasteiger partial charge in [-0.15, -0.1) is 11.6 Å². The van der Waals surface area contributed by atoms with Gasteiger partial charge >= 0.3 is 0 Å². The zero-order valence-corrected chi connectivity index (χ0v) is 17.2. The van der Waals surface area contributed by atoms with Crippen LogP contribution in [0.3, 0.4) is 0 Å². The highest BCUT2D eigenvalue weighted by molar-refractivity contribution is 9.11. The minimum atomic E-state index is -1.99. The molecule has 0 saturated carbocycles. The Morgan fingerprint density at radius 3 is 2.62 bits per heavy atom. The molecule has 0 bridgehead atoms. The van der Waals surface area contributed by atoms with E-state index in [2.05, 4.69) is 21.2 Å². The van der Waals surface area contributed by atoms with Crippen molar-refractivity contribution >= 4 is 74.0 Å². The molecule has 0 aromatic heterocycles. The minimum absolute atomic E-state index is 0.156. The molecule has 0 aromatic carbocycles. The van der Waals surface area contributed by atoms with Gasteiger partial charge in [-0.25, -0.2) is 0 Å². The smallest absolute Gasteiger partial charge is 0.234 e. The first-order valence-corrected chi connectivity index (χ1v) is 9.33. The van der Waals surface area contributed by atoms with Gasteiger partial charge in [0.2, 0.25) is 9.70 Å². The van der Waals surface area contributed by atoms with Crippen molar-refractivity contribution in [3.05, 3.63) is 22.7 Å². The maximum Gasteiger partial charge on any atom is 0.234 e. The first-order valence-electron chi connectivity index (χ1n) is 6.87. The van der Waals surface area contributed by atoms with Crippen LogP contribution in [0.2, 0.25) is 0 Å². The number of Topliss-reactive ketones (excluding diaryl/α,β-unsaturated/α-hetero) is 1. The molecule has 5 nitrogen and oxygen atoms in total. The van der Waals surface area contributed by atoms with Crippen LogP contribution in [-0.2, 0) is 14.3 Å². The molecule has 0 fully saturated rings. The average Bonchev–Trinajstić information content (AvgIpc) is 2.47. The number of carbonyl (C=O) groups is 2. The third kappa shape index (κ3) is 5.87. The van der Waals surface area contributed by atoms with E-state index in [1.165, 1.54) is 25.2 Å². The molecular weight excluding hydrogens is 468 g/mol. The second-order valence-corrected chi connectivity index (χ2v) is 8.75. The second kappa shape index (κ2) is 9.21. The summed E-state index contributed by atoms with van der Waals surface area (Å²) in [5.41, 5.74) is -1.99. The molecule has 0 aromatic rings. The van der Waals surface area contributed by atoms with E-state index in [1.54, 1.807) is 0 Å². The van der Waals surface area contributed by atoms with Gasteiger partial charge in [-0.3, -0.25) is 9.59 Å². The topological polar surface area (TPSA) is 75.6 Å². The summed E-state index contributed by atoms with van der Waals surface area (Å²) in [5.74, 6) is -2.19. The van der Waals surface area contributed by atoms with Gasteiger partial charge in [0, 0.05) is 10.4 Å². The number of rotatable bonds is 7. The molecule has 10 heteroatoms. The second-order valence-electron chi connectivity index (χ2n) is 5.09. The summed E-state index contributed by atoms with van der Waals surface area (Å²) in [4.78, 5) is 24.3. The standard InChI is InChI=1S/C14H16BrCl4NO4/c1-8(21)13(23)4-3-9(15)7-10(13)11(22)20-12(14(17,18)19)24-6-2-5-16/h3-4,7,10,12,23H,2,5-6H2,1H3,(H,20,22). The molecule has 1 amide bonds. The van der Waals surface area contributed by atoms with Gasteiger partial charge in [0.1, 0.15) is 0 Å². The number of ether oxygens (including phenoxy) is 1. The minimum Gasteiger partial charge on any atom is -0.377 e. The van der Waals surface area contributed by atoms with E-state index >= 15 is 0 Å². The normalized spacial score (nSPS) is 25.1. The quantitative estimate of drug-likeness (QED) is 0.331. The predicted molar refractivity (Wildman–Crippen MR) is 98.8 cm³/mol. The molecule has 2 N–H and O–H groups in total. The fraction of sp³-hybridized carbons (Fsp3) is 0.571. The van der Waals surface area contributed by atoms with E-state index in [4.69, 9.17) is 51.1 Å². The molecule has 0 spiro atoms. The third-order valence-electron chi connectivity index (χ3n) is 3.28. The van der Waals surface area contributed by atoms with Crippen LogP contribution in [0.15, 0.2) is 22.7 Å². The van der Waals surface area contributed by atoms with Crippen molar-refractivity contribution in [3.8, 4) is 0 Å². The molecular formula is C14H16BrCl4NO4. The summed E-state index contributed by atoms with van der Waals surface area (Å²) < 4.78 is 3.92. The lowest BCUT2D eigenvalue weighted by Gasteiger charge is -2.33. The maximum absolute atomic E-state index is 12.5. The maximum atomic E-state index is 12.5. The summed E-state index contributed by atoms with van der Waals surface area (Å²) in [6.45, 7) is 1.34. The zero-order valence-electron chi connectivity index (χ0n) is 12.6. The van der Waals surface area contributed by atoms with Crippen LogP contribution in [0.1, 0.15) is 13.3 Å². The fourth-order valence-corrected chi connectivity index (χ4v) is 2.82. The predicted octanol–water partition coefficient (Wildman–Crippen LogP) is 3.23. The van der Waals surface area contributed by atoms with Crippen LogP contribution in [0, 0.1) is 5.92 Å². The first-order chi connectivity index (χ1) is 11.0. The Morgan fingerprint density at radius 1 is 1.50 bits per heavy atom. The van der Waals surface area contributed by atoms with Crippen LogP contribution in [-0.4, -0.2) is 44.9 Å². The van der Waals surface area contributed by atoms with E-state index < -0.39 is 33.2 Å². The van der Waals surface area contributed by atoms with E-state index in [-0.39, 0.29) is 6.61 Å². The molecule has 0 aliphatic heterocycles. The van der Waals surface area contributed by atoms with Gasteiger partial charge in [0.15, 0.2) is 17.6 Å². The van der Waals surface area contributed by atoms with Gasteiger partial charge in [0.25, 0.3) is 0 Å². The van der Waals surface area contributed by atoms with Crippen molar-refractivity contribution < 1.29 is 19.4 Å². The monoisotopic (exact) mass is 481 g/mol. The van der Waals surface area contributed by atoms with Gasteiger partial charge < -0.3 is 15.2 Å². The van der Waals surface area contributed by atoms with E-state index in [0.29, 0.717) is 16.8 Å². The Hall–Kier alpha value is 0.180. The zero-order chi connectivity index (χ0) is 18.5. The average molecular weight is 484 g/mol. The molecule has 1 aliphatic rings. The Morgan fingerprint density at radius 2 is 2.12 bits per heavy atom. The van der Waals surface area contributed by atoms with Crippen LogP contribution < -0.4 is 5.32 Å². The van der Waals surface area contributed by atoms with Crippen LogP contribution in [0.5, 0.6) is 0 Å². The Bertz CT molecular complexity index is 549. The number of aliphatic hydroxyl groups is 1. The summed E-state index contributed by atoms with van der Waals surface area (Å²) in [7, 11) is 0. The number of hydrogen-bond donors (Lipinski definition) is 2. The van der Waals surface area contributed by atoms with Crippen molar-refractivity contribution in [2.45, 2.75) is 29.0 Å². The molecule has 0 saturated heterocycles. The molecule has 0 radical (unpaired) electrons. The largest absolute Gasteiger partial charge is 0.377 e. The van der Waals surface area contributed by atoms with E-state index in [9.17, 15) is 14.7 Å². The number of ketones is 1. The lowest BCUT2D eigenvalue weighted by atomic mass is 9.80. The number of alkyl halides is 4. The van der Waals surface area contributed by atoms with Crippen molar-refractivity contribution in [3.63, 3.8) is 0 Å². The molecule has 3 atom stereocenters. The summed E-state index contributed by atoms with van der Waals surface area (Å²) >= 11 is 26.2. The van der Waals surface area contributed by atoms with Gasteiger partial charge in [-0.05, 0) is 25.5 Å². The van der Waals surface area contributed by atoms with Gasteiger partial charge in [-0.2, -0.15) is 0 Å².